The van der Waals surface area contributed by atoms with Crippen LogP contribution >= 0.6 is 0 Å². The Balaban J connectivity index is 1.64. The summed E-state index contributed by atoms with van der Waals surface area (Å²) in [6.07, 6.45) is 6.35. The van der Waals surface area contributed by atoms with Gasteiger partial charge in [-0.15, -0.1) is 0 Å². The van der Waals surface area contributed by atoms with Gasteiger partial charge in [-0.3, -0.25) is 14.6 Å². The molecule has 2 N–H and O–H groups in total. The first-order valence-corrected chi connectivity index (χ1v) is 15.1. The summed E-state index contributed by atoms with van der Waals surface area (Å²) in [5, 5.41) is 3.03. The normalized spacial score (nSPS) is 17.0. The van der Waals surface area contributed by atoms with E-state index in [1.807, 2.05) is 52.1 Å². The molecule has 1 aliphatic rings. The zero-order chi connectivity index (χ0) is 30.4. The highest BCUT2D eigenvalue weighted by molar-refractivity contribution is 5.99. The van der Waals surface area contributed by atoms with E-state index in [2.05, 4.69) is 51.2 Å². The number of likely N-dealkylation sites (N-methyl/N-ethyl adjacent to an activating group) is 1. The van der Waals surface area contributed by atoms with E-state index in [4.69, 9.17) is 4.74 Å². The Morgan fingerprint density at radius 1 is 1.05 bits per heavy atom. The molecule has 8 nitrogen and oxygen atoms in total. The minimum Gasteiger partial charge on any atom is -0.383 e. The fourth-order valence-electron chi connectivity index (χ4n) is 6.26. The predicted octanol–water partition coefficient (Wildman–Crippen LogP) is 5.32. The van der Waals surface area contributed by atoms with Gasteiger partial charge < -0.3 is 24.8 Å². The molecule has 42 heavy (non-hydrogen) atoms. The van der Waals surface area contributed by atoms with E-state index in [1.54, 1.807) is 7.11 Å². The fraction of sp³-hybridized carbons (Fsp3) is 0.500. The third-order valence-electron chi connectivity index (χ3n) is 8.82. The van der Waals surface area contributed by atoms with Crippen LogP contribution in [0.2, 0.25) is 0 Å². The van der Waals surface area contributed by atoms with Crippen LogP contribution in [0.1, 0.15) is 71.0 Å². The molecule has 0 bridgehead atoms. The van der Waals surface area contributed by atoms with Crippen LogP contribution in [0, 0.1) is 27.7 Å². The van der Waals surface area contributed by atoms with Gasteiger partial charge in [-0.25, -0.2) is 0 Å². The molecule has 0 saturated heterocycles. The van der Waals surface area contributed by atoms with Gasteiger partial charge in [0.05, 0.1) is 6.61 Å². The largest absolute Gasteiger partial charge is 0.383 e. The number of nitrogens with zero attached hydrogens (tertiary/aromatic N) is 3. The number of aromatic nitrogens is 2. The van der Waals surface area contributed by atoms with Crippen molar-refractivity contribution in [1.82, 2.24) is 20.2 Å². The first-order chi connectivity index (χ1) is 20.1. The second-order valence-corrected chi connectivity index (χ2v) is 11.7. The Labute approximate surface area is 250 Å². The number of pyridine rings is 2. The number of carbonyl (C=O) groups is 1. The lowest BCUT2D eigenvalue weighted by Gasteiger charge is -2.41. The van der Waals surface area contributed by atoms with E-state index in [9.17, 15) is 9.59 Å². The summed E-state index contributed by atoms with van der Waals surface area (Å²) in [6, 6.07) is 11.1. The van der Waals surface area contributed by atoms with Crippen molar-refractivity contribution in [3.05, 3.63) is 80.5 Å². The maximum atomic E-state index is 13.7. The van der Waals surface area contributed by atoms with Gasteiger partial charge in [0.15, 0.2) is 0 Å². The number of amides is 1. The molecule has 2 aromatic heterocycles. The van der Waals surface area contributed by atoms with Gasteiger partial charge >= 0.3 is 0 Å². The van der Waals surface area contributed by atoms with Crippen LogP contribution in [0.4, 0.5) is 5.69 Å². The standard InChI is InChI=1S/C34H47N5O3/c1-8-39(29-13-11-28(12-14-29)38(6)15-16-42-7)32-19-27(26-10-9-23(3)35-20-26)18-30(25(32)5)33(40)36-21-31-22(2)17-24(4)37-34(31)41/h9-10,17-20,28-29H,8,11-16,21H2,1-7H3,(H,36,40)(H,37,41)/t28-,29-. The summed E-state index contributed by atoms with van der Waals surface area (Å²) in [4.78, 5) is 38.6. The molecule has 1 amide bonds. The van der Waals surface area contributed by atoms with Gasteiger partial charge in [-0.05, 0) is 108 Å². The third kappa shape index (κ3) is 7.28. The van der Waals surface area contributed by atoms with E-state index in [-0.39, 0.29) is 18.0 Å². The van der Waals surface area contributed by atoms with Crippen molar-refractivity contribution in [2.75, 3.05) is 38.8 Å². The summed E-state index contributed by atoms with van der Waals surface area (Å²) in [6.45, 7) is 12.7. The van der Waals surface area contributed by atoms with Gasteiger partial charge in [0.1, 0.15) is 0 Å². The average molecular weight is 574 g/mol. The second-order valence-electron chi connectivity index (χ2n) is 11.7. The minimum atomic E-state index is -0.186. The highest BCUT2D eigenvalue weighted by atomic mass is 16.5. The number of rotatable bonds is 11. The number of aryl methyl sites for hydroxylation is 3. The molecule has 0 atom stereocenters. The Morgan fingerprint density at radius 3 is 2.38 bits per heavy atom. The van der Waals surface area contributed by atoms with Crippen molar-refractivity contribution in [2.24, 2.45) is 0 Å². The first kappa shape index (κ1) is 31.4. The molecule has 4 rings (SSSR count). The molecule has 0 unspecified atom stereocenters. The number of H-pyrrole nitrogens is 1. The maximum absolute atomic E-state index is 13.7. The number of benzene rings is 1. The molecule has 1 fully saturated rings. The lowest BCUT2D eigenvalue weighted by Crippen LogP contribution is -2.44. The van der Waals surface area contributed by atoms with Crippen molar-refractivity contribution in [3.8, 4) is 11.1 Å². The van der Waals surface area contributed by atoms with Crippen LogP contribution < -0.4 is 15.8 Å². The molecule has 1 aliphatic carbocycles. The third-order valence-corrected chi connectivity index (χ3v) is 8.82. The summed E-state index contributed by atoms with van der Waals surface area (Å²) in [5.74, 6) is -0.186. The Hall–Kier alpha value is -3.49. The maximum Gasteiger partial charge on any atom is 0.253 e. The molecule has 2 heterocycles. The Morgan fingerprint density at radius 2 is 1.76 bits per heavy atom. The molecule has 3 aromatic rings. The van der Waals surface area contributed by atoms with Gasteiger partial charge in [0, 0.05) is 78.8 Å². The van der Waals surface area contributed by atoms with Crippen LogP contribution in [-0.2, 0) is 11.3 Å². The van der Waals surface area contributed by atoms with Crippen molar-refractivity contribution >= 4 is 11.6 Å². The summed E-state index contributed by atoms with van der Waals surface area (Å²) < 4.78 is 5.29. The molecular weight excluding hydrogens is 526 g/mol. The molecule has 0 spiro atoms. The smallest absolute Gasteiger partial charge is 0.253 e. The molecule has 226 valence electrons. The van der Waals surface area contributed by atoms with Gasteiger partial charge in [-0.1, -0.05) is 6.07 Å². The molecule has 1 aromatic carbocycles. The molecular formula is C34H47N5O3. The minimum absolute atomic E-state index is 0.162. The second kappa shape index (κ2) is 14.1. The van der Waals surface area contributed by atoms with Crippen molar-refractivity contribution in [3.63, 3.8) is 0 Å². The van der Waals surface area contributed by atoms with Crippen LogP contribution in [0.3, 0.4) is 0 Å². The van der Waals surface area contributed by atoms with Gasteiger partial charge in [0.25, 0.3) is 11.5 Å². The lowest BCUT2D eigenvalue weighted by molar-refractivity contribution is 0.0950. The first-order valence-electron chi connectivity index (χ1n) is 15.1. The topological polar surface area (TPSA) is 90.6 Å². The van der Waals surface area contributed by atoms with Crippen LogP contribution in [0.5, 0.6) is 0 Å². The summed E-state index contributed by atoms with van der Waals surface area (Å²) in [5.41, 5.74) is 7.63. The van der Waals surface area contributed by atoms with E-state index in [0.29, 0.717) is 23.2 Å². The van der Waals surface area contributed by atoms with E-state index in [1.165, 1.54) is 0 Å². The number of methoxy groups -OCH3 is 1. The highest BCUT2D eigenvalue weighted by Gasteiger charge is 2.29. The number of nitrogens with one attached hydrogen (secondary N) is 2. The molecule has 1 saturated carbocycles. The quantitative estimate of drug-likeness (QED) is 0.323. The SMILES string of the molecule is CCN(c1cc(-c2ccc(C)nc2)cc(C(=O)NCc2c(C)cc(C)[nH]c2=O)c1C)[C@H]1CC[C@H](N(C)CCOC)CC1. The number of hydrogen-bond donors (Lipinski definition) is 2. The van der Waals surface area contributed by atoms with Gasteiger partial charge in [-0.2, -0.15) is 0 Å². The predicted molar refractivity (Wildman–Crippen MR) is 170 cm³/mol. The molecule has 0 aliphatic heterocycles. The van der Waals surface area contributed by atoms with Crippen LogP contribution in [-0.4, -0.2) is 66.7 Å². The highest BCUT2D eigenvalue weighted by Crippen LogP contribution is 2.35. The van der Waals surface area contributed by atoms with Crippen molar-refractivity contribution < 1.29 is 9.53 Å². The number of hydrogen-bond acceptors (Lipinski definition) is 6. The number of aromatic amines is 1. The zero-order valence-corrected chi connectivity index (χ0v) is 26.3. The molecule has 0 radical (unpaired) electrons. The Bertz CT molecular complexity index is 1420. The zero-order valence-electron chi connectivity index (χ0n) is 26.3. The number of anilines is 1. The van der Waals surface area contributed by atoms with E-state index >= 15 is 0 Å². The van der Waals surface area contributed by atoms with Crippen LogP contribution in [0.15, 0.2) is 41.3 Å². The molecule has 8 heteroatoms. The number of carbonyl (C=O) groups excluding carboxylic acids is 1. The lowest BCUT2D eigenvalue weighted by atomic mass is 9.88. The van der Waals surface area contributed by atoms with Crippen molar-refractivity contribution in [1.29, 1.82) is 0 Å². The summed E-state index contributed by atoms with van der Waals surface area (Å²) >= 11 is 0. The van der Waals surface area contributed by atoms with E-state index in [0.717, 1.165) is 84.7 Å². The average Bonchev–Trinajstić information content (AvgIpc) is 2.97. The van der Waals surface area contributed by atoms with Crippen molar-refractivity contribution in [2.45, 2.75) is 78.9 Å². The fourth-order valence-corrected chi connectivity index (χ4v) is 6.26. The summed E-state index contributed by atoms with van der Waals surface area (Å²) in [7, 11) is 3.95. The monoisotopic (exact) mass is 573 g/mol. The van der Waals surface area contributed by atoms with Crippen LogP contribution in [0.25, 0.3) is 11.1 Å². The van der Waals surface area contributed by atoms with E-state index < -0.39 is 0 Å². The Kier molecular flexibility index (Phi) is 10.6. The number of ether oxygens (including phenoxy) is 1. The van der Waals surface area contributed by atoms with Gasteiger partial charge in [0.2, 0.25) is 0 Å².